The van der Waals surface area contributed by atoms with E-state index in [1.165, 1.54) is 23.1 Å². The van der Waals surface area contributed by atoms with Gasteiger partial charge in [-0.2, -0.15) is 0 Å². The maximum atomic E-state index is 11.1. The number of nitrogens with zero attached hydrogens (tertiary/aromatic N) is 1. The Hall–Kier alpha value is -2.30. The number of allylic oxidation sites excluding steroid dienone is 2. The number of aliphatic hydroxyl groups is 1. The first-order valence-corrected chi connectivity index (χ1v) is 12.2. The van der Waals surface area contributed by atoms with Gasteiger partial charge in [0.1, 0.15) is 0 Å². The van der Waals surface area contributed by atoms with Crippen LogP contribution in [0, 0.1) is 10.8 Å². The molecule has 176 valence electrons. The van der Waals surface area contributed by atoms with E-state index in [1.807, 2.05) is 24.3 Å². The van der Waals surface area contributed by atoms with E-state index in [4.69, 9.17) is 16.7 Å². The largest absolute Gasteiger partial charge is 0.478 e. The monoisotopic (exact) mass is 467 g/mol. The Morgan fingerprint density at radius 3 is 2.21 bits per heavy atom. The molecule has 1 aliphatic carbocycles. The summed E-state index contributed by atoms with van der Waals surface area (Å²) >= 11 is 6.14. The van der Waals surface area contributed by atoms with Crippen molar-refractivity contribution >= 4 is 28.8 Å². The van der Waals surface area contributed by atoms with Crippen LogP contribution < -0.4 is 4.90 Å². The first kappa shape index (κ1) is 23.8. The summed E-state index contributed by atoms with van der Waals surface area (Å²) in [6, 6.07) is 15.3. The van der Waals surface area contributed by atoms with Gasteiger partial charge < -0.3 is 15.1 Å². The average Bonchev–Trinajstić information content (AvgIpc) is 2.80. The molecule has 0 atom stereocenters. The zero-order valence-electron chi connectivity index (χ0n) is 19.6. The average molecular weight is 468 g/mol. The number of halogens is 1. The van der Waals surface area contributed by atoms with E-state index in [-0.39, 0.29) is 17.4 Å². The first-order chi connectivity index (χ1) is 15.7. The smallest absolute Gasteiger partial charge is 0.335 e. The van der Waals surface area contributed by atoms with Crippen molar-refractivity contribution in [2.24, 2.45) is 10.8 Å². The lowest BCUT2D eigenvalue weighted by Crippen LogP contribution is -2.42. The van der Waals surface area contributed by atoms with Crippen molar-refractivity contribution < 1.29 is 15.0 Å². The number of carbonyl (C=O) groups is 1. The molecule has 0 radical (unpaired) electrons. The van der Waals surface area contributed by atoms with Gasteiger partial charge in [0.15, 0.2) is 0 Å². The van der Waals surface area contributed by atoms with Crippen LogP contribution in [-0.4, -0.2) is 35.9 Å². The zero-order valence-corrected chi connectivity index (χ0v) is 20.4. The van der Waals surface area contributed by atoms with Crippen molar-refractivity contribution in [2.45, 2.75) is 52.4 Å². The minimum atomic E-state index is -0.903. The molecule has 0 bridgehead atoms. The molecule has 2 aliphatic rings. The molecule has 33 heavy (non-hydrogen) atoms. The first-order valence-electron chi connectivity index (χ1n) is 11.9. The zero-order chi connectivity index (χ0) is 23.6. The maximum Gasteiger partial charge on any atom is 0.335 e. The number of hydrogen-bond donors (Lipinski definition) is 2. The number of carboxylic acids is 1. The quantitative estimate of drug-likeness (QED) is 0.498. The number of anilines is 1. The van der Waals surface area contributed by atoms with Crippen LogP contribution in [0.4, 0.5) is 5.69 Å². The highest BCUT2D eigenvalue weighted by molar-refractivity contribution is 6.30. The van der Waals surface area contributed by atoms with Crippen LogP contribution in [0.5, 0.6) is 0 Å². The Balaban J connectivity index is 1.54. The second-order valence-corrected chi connectivity index (χ2v) is 11.0. The molecule has 0 unspecified atom stereocenters. The van der Waals surface area contributed by atoms with E-state index >= 15 is 0 Å². The molecule has 5 heteroatoms. The molecule has 0 amide bonds. The molecule has 0 saturated carbocycles. The van der Waals surface area contributed by atoms with Gasteiger partial charge in [-0.25, -0.2) is 4.79 Å². The highest BCUT2D eigenvalue weighted by Crippen LogP contribution is 2.48. The minimum Gasteiger partial charge on any atom is -0.478 e. The lowest BCUT2D eigenvalue weighted by molar-refractivity contribution is 0.0697. The summed E-state index contributed by atoms with van der Waals surface area (Å²) in [6.45, 7) is 6.61. The van der Waals surface area contributed by atoms with Gasteiger partial charge in [0.25, 0.3) is 0 Å². The van der Waals surface area contributed by atoms with Crippen LogP contribution >= 0.6 is 11.6 Å². The molecule has 2 aromatic rings. The summed E-state index contributed by atoms with van der Waals surface area (Å²) < 4.78 is 0. The van der Waals surface area contributed by atoms with E-state index in [0.29, 0.717) is 5.56 Å². The fourth-order valence-corrected chi connectivity index (χ4v) is 5.61. The number of hydrogen-bond acceptors (Lipinski definition) is 3. The number of aliphatic hydroxyl groups excluding tert-OH is 1. The van der Waals surface area contributed by atoms with E-state index in [2.05, 4.69) is 30.9 Å². The van der Waals surface area contributed by atoms with E-state index in [0.717, 1.165) is 55.9 Å². The lowest BCUT2D eigenvalue weighted by Gasteiger charge is -2.44. The van der Waals surface area contributed by atoms with Gasteiger partial charge in [-0.05, 0) is 91.5 Å². The normalized spacial score (nSPS) is 20.1. The topological polar surface area (TPSA) is 60.8 Å². The molecule has 0 spiro atoms. The highest BCUT2D eigenvalue weighted by atomic mass is 35.5. The second kappa shape index (κ2) is 9.52. The second-order valence-electron chi connectivity index (χ2n) is 10.6. The Kier molecular flexibility index (Phi) is 6.88. The van der Waals surface area contributed by atoms with E-state index < -0.39 is 5.97 Å². The third-order valence-electron chi connectivity index (χ3n) is 7.59. The van der Waals surface area contributed by atoms with Crippen LogP contribution in [0.15, 0.2) is 54.1 Å². The summed E-state index contributed by atoms with van der Waals surface area (Å²) in [5, 5.41) is 20.4. The molecule has 1 heterocycles. The third-order valence-corrected chi connectivity index (χ3v) is 7.84. The fourth-order valence-electron chi connectivity index (χ4n) is 5.48. The molecule has 2 N–H and O–H groups in total. The van der Waals surface area contributed by atoms with Gasteiger partial charge in [0, 0.05) is 35.8 Å². The lowest BCUT2D eigenvalue weighted by atomic mass is 9.66. The van der Waals surface area contributed by atoms with Crippen LogP contribution in [0.1, 0.15) is 68.3 Å². The Morgan fingerprint density at radius 1 is 1.00 bits per heavy atom. The van der Waals surface area contributed by atoms with Gasteiger partial charge in [0.2, 0.25) is 0 Å². The molecule has 1 fully saturated rings. The standard InChI is InChI=1S/C28H34ClNO3/c1-27(2)12-11-25(20-3-7-23(29)8-4-20)22(17-27)18-28(19-31)13-15-30(16-14-28)24-9-5-21(6-10-24)26(32)33/h3-10,31H,11-19H2,1-2H3,(H,32,33). The van der Waals surface area contributed by atoms with E-state index in [1.54, 1.807) is 12.1 Å². The molecule has 2 aromatic carbocycles. The van der Waals surface area contributed by atoms with Crippen molar-refractivity contribution in [3.05, 3.63) is 70.3 Å². The van der Waals surface area contributed by atoms with Crippen LogP contribution in [0.3, 0.4) is 0 Å². The molecular formula is C28H34ClNO3. The Labute approximate surface area is 201 Å². The van der Waals surface area contributed by atoms with Gasteiger partial charge in [-0.3, -0.25) is 0 Å². The molecular weight excluding hydrogens is 434 g/mol. The summed E-state index contributed by atoms with van der Waals surface area (Å²) in [6.07, 6.45) is 6.06. The summed E-state index contributed by atoms with van der Waals surface area (Å²) in [5.74, 6) is -0.903. The third kappa shape index (κ3) is 5.44. The van der Waals surface area contributed by atoms with Crippen molar-refractivity contribution in [3.63, 3.8) is 0 Å². The maximum absolute atomic E-state index is 11.1. The molecule has 1 aliphatic heterocycles. The molecule has 0 aromatic heterocycles. The van der Waals surface area contributed by atoms with Crippen LogP contribution in [-0.2, 0) is 0 Å². The van der Waals surface area contributed by atoms with Crippen molar-refractivity contribution in [3.8, 4) is 0 Å². The van der Waals surface area contributed by atoms with Gasteiger partial charge >= 0.3 is 5.97 Å². The number of aromatic carboxylic acids is 1. The van der Waals surface area contributed by atoms with Gasteiger partial charge in [-0.1, -0.05) is 43.2 Å². The molecule has 4 nitrogen and oxygen atoms in total. The van der Waals surface area contributed by atoms with Crippen LogP contribution in [0.25, 0.3) is 5.57 Å². The molecule has 1 saturated heterocycles. The SMILES string of the molecule is CC1(C)CCC(c2ccc(Cl)cc2)=C(CC2(CO)CCN(c3ccc(C(=O)O)cc3)CC2)C1. The number of benzene rings is 2. The van der Waals surface area contributed by atoms with Gasteiger partial charge in [0.05, 0.1) is 5.56 Å². The minimum absolute atomic E-state index is 0.113. The Bertz CT molecular complexity index is 1020. The Morgan fingerprint density at radius 2 is 1.64 bits per heavy atom. The predicted octanol–water partition coefficient (Wildman–Crippen LogP) is 6.67. The molecule has 4 rings (SSSR count). The van der Waals surface area contributed by atoms with Crippen molar-refractivity contribution in [1.82, 2.24) is 0 Å². The fraction of sp³-hybridized carbons (Fsp3) is 0.464. The summed E-state index contributed by atoms with van der Waals surface area (Å²) in [7, 11) is 0. The van der Waals surface area contributed by atoms with Gasteiger partial charge in [-0.15, -0.1) is 0 Å². The van der Waals surface area contributed by atoms with Crippen LogP contribution in [0.2, 0.25) is 5.02 Å². The predicted molar refractivity (Wildman–Crippen MR) is 135 cm³/mol. The summed E-state index contributed by atoms with van der Waals surface area (Å²) in [5.41, 5.74) is 5.70. The highest BCUT2D eigenvalue weighted by Gasteiger charge is 2.38. The van der Waals surface area contributed by atoms with E-state index in [9.17, 15) is 9.90 Å². The summed E-state index contributed by atoms with van der Waals surface area (Å²) in [4.78, 5) is 13.4. The number of carboxylic acid groups (broad SMARTS) is 1. The number of piperidine rings is 1. The van der Waals surface area contributed by atoms with Crippen molar-refractivity contribution in [2.75, 3.05) is 24.6 Å². The number of rotatable bonds is 6. The van der Waals surface area contributed by atoms with Crippen molar-refractivity contribution in [1.29, 1.82) is 0 Å².